The number of pyridine rings is 1. The van der Waals surface area contributed by atoms with Crippen molar-refractivity contribution in [3.63, 3.8) is 0 Å². The summed E-state index contributed by atoms with van der Waals surface area (Å²) in [7, 11) is 0. The minimum atomic E-state index is -0.628. The normalized spacial score (nSPS) is 18.9. The third kappa shape index (κ3) is 6.29. The van der Waals surface area contributed by atoms with Gasteiger partial charge in [-0.15, -0.1) is 0 Å². The van der Waals surface area contributed by atoms with E-state index in [1.54, 1.807) is 13.1 Å². The SMILES string of the molecule is C=C(N)c1ccc(CNC(=O)[C@H](C)NC(=O)[C@H]2C[C@H](Cc3ccnc(N)c3)CN2)cc1. The van der Waals surface area contributed by atoms with E-state index in [0.29, 0.717) is 30.4 Å². The van der Waals surface area contributed by atoms with Gasteiger partial charge in [-0.2, -0.15) is 0 Å². The summed E-state index contributed by atoms with van der Waals surface area (Å²) in [5.41, 5.74) is 14.8. The van der Waals surface area contributed by atoms with Gasteiger partial charge in [-0.3, -0.25) is 9.59 Å². The van der Waals surface area contributed by atoms with E-state index < -0.39 is 6.04 Å². The summed E-state index contributed by atoms with van der Waals surface area (Å²) >= 11 is 0. The van der Waals surface area contributed by atoms with E-state index in [1.165, 1.54) is 0 Å². The van der Waals surface area contributed by atoms with Crippen LogP contribution in [0.2, 0.25) is 0 Å². The van der Waals surface area contributed by atoms with Crippen LogP contribution in [-0.4, -0.2) is 35.4 Å². The second-order valence-corrected chi connectivity index (χ2v) is 8.03. The summed E-state index contributed by atoms with van der Waals surface area (Å²) in [6.45, 7) is 6.49. The van der Waals surface area contributed by atoms with E-state index in [9.17, 15) is 9.59 Å². The summed E-state index contributed by atoms with van der Waals surface area (Å²) in [5, 5.41) is 8.90. The van der Waals surface area contributed by atoms with Crippen molar-refractivity contribution in [2.45, 2.75) is 38.4 Å². The number of hydrogen-bond acceptors (Lipinski definition) is 6. The van der Waals surface area contributed by atoms with Gasteiger partial charge >= 0.3 is 0 Å². The number of nitrogen functional groups attached to an aromatic ring is 1. The molecule has 1 saturated heterocycles. The highest BCUT2D eigenvalue weighted by atomic mass is 16.2. The Morgan fingerprint density at radius 1 is 1.26 bits per heavy atom. The van der Waals surface area contributed by atoms with Crippen LogP contribution in [0.4, 0.5) is 5.82 Å². The lowest BCUT2D eigenvalue weighted by molar-refractivity contribution is -0.129. The van der Waals surface area contributed by atoms with Crippen LogP contribution in [0.3, 0.4) is 0 Å². The van der Waals surface area contributed by atoms with Gasteiger partial charge in [-0.05, 0) is 61.1 Å². The Kier molecular flexibility index (Phi) is 7.25. The number of hydrogen-bond donors (Lipinski definition) is 5. The number of carbonyl (C=O) groups excluding carboxylic acids is 2. The van der Waals surface area contributed by atoms with Crippen LogP contribution in [0.5, 0.6) is 0 Å². The van der Waals surface area contributed by atoms with Crippen LogP contribution in [0.15, 0.2) is 49.2 Å². The topological polar surface area (TPSA) is 135 Å². The average Bonchev–Trinajstić information content (AvgIpc) is 3.20. The van der Waals surface area contributed by atoms with Crippen molar-refractivity contribution >= 4 is 23.3 Å². The third-order valence-electron chi connectivity index (χ3n) is 5.45. The van der Waals surface area contributed by atoms with Gasteiger partial charge in [0, 0.05) is 18.4 Å². The summed E-state index contributed by atoms with van der Waals surface area (Å²) in [5.74, 6) is 0.431. The molecule has 3 atom stereocenters. The molecule has 8 nitrogen and oxygen atoms in total. The molecule has 2 aromatic rings. The quantitative estimate of drug-likeness (QED) is 0.430. The average molecular weight is 423 g/mol. The van der Waals surface area contributed by atoms with E-state index in [1.807, 2.05) is 36.4 Å². The Hall–Kier alpha value is -3.39. The fourth-order valence-corrected chi connectivity index (χ4v) is 3.68. The number of amides is 2. The Morgan fingerprint density at radius 2 is 2.00 bits per heavy atom. The molecule has 0 bridgehead atoms. The Bertz CT molecular complexity index is 943. The van der Waals surface area contributed by atoms with Crippen LogP contribution in [-0.2, 0) is 22.6 Å². The molecule has 7 N–H and O–H groups in total. The third-order valence-corrected chi connectivity index (χ3v) is 5.45. The zero-order valence-corrected chi connectivity index (χ0v) is 17.7. The molecular formula is C23H30N6O2. The highest BCUT2D eigenvalue weighted by Gasteiger charge is 2.30. The number of carbonyl (C=O) groups is 2. The number of nitrogens with one attached hydrogen (secondary N) is 3. The molecule has 0 unspecified atom stereocenters. The minimum Gasteiger partial charge on any atom is -0.399 e. The van der Waals surface area contributed by atoms with Crippen LogP contribution in [0, 0.1) is 5.92 Å². The molecule has 164 valence electrons. The molecule has 8 heteroatoms. The van der Waals surface area contributed by atoms with E-state index in [-0.39, 0.29) is 17.9 Å². The van der Waals surface area contributed by atoms with Crippen LogP contribution in [0.1, 0.15) is 30.0 Å². The molecule has 1 aliphatic rings. The van der Waals surface area contributed by atoms with Crippen LogP contribution in [0.25, 0.3) is 5.70 Å². The fourth-order valence-electron chi connectivity index (χ4n) is 3.68. The maximum Gasteiger partial charge on any atom is 0.242 e. The zero-order valence-electron chi connectivity index (χ0n) is 17.7. The number of anilines is 1. The number of rotatable bonds is 8. The van der Waals surface area contributed by atoms with Crippen molar-refractivity contribution in [2.75, 3.05) is 12.3 Å². The molecule has 0 spiro atoms. The first-order valence-electron chi connectivity index (χ1n) is 10.4. The van der Waals surface area contributed by atoms with Crippen molar-refractivity contribution < 1.29 is 9.59 Å². The van der Waals surface area contributed by atoms with E-state index in [0.717, 1.165) is 29.7 Å². The highest BCUT2D eigenvalue weighted by Crippen LogP contribution is 2.20. The molecule has 1 fully saturated rings. The molecule has 3 rings (SSSR count). The number of nitrogens with zero attached hydrogens (tertiary/aromatic N) is 1. The van der Waals surface area contributed by atoms with Gasteiger partial charge in [-0.25, -0.2) is 4.98 Å². The minimum absolute atomic E-state index is 0.162. The summed E-state index contributed by atoms with van der Waals surface area (Å²) < 4.78 is 0. The summed E-state index contributed by atoms with van der Waals surface area (Å²) in [6.07, 6.45) is 3.23. The van der Waals surface area contributed by atoms with Gasteiger partial charge in [0.2, 0.25) is 11.8 Å². The van der Waals surface area contributed by atoms with Gasteiger partial charge in [0.05, 0.1) is 6.04 Å². The van der Waals surface area contributed by atoms with Crippen molar-refractivity contribution in [2.24, 2.45) is 11.7 Å². The zero-order chi connectivity index (χ0) is 22.4. The van der Waals surface area contributed by atoms with Crippen molar-refractivity contribution in [3.8, 4) is 0 Å². The first kappa shape index (κ1) is 22.3. The summed E-state index contributed by atoms with van der Waals surface area (Å²) in [6, 6.07) is 10.4. The molecule has 1 aromatic carbocycles. The molecule has 2 amide bonds. The Labute approximate surface area is 182 Å². The second-order valence-electron chi connectivity index (χ2n) is 8.03. The molecular weight excluding hydrogens is 392 g/mol. The Balaban J connectivity index is 1.43. The van der Waals surface area contributed by atoms with Gasteiger partial charge in [0.15, 0.2) is 0 Å². The van der Waals surface area contributed by atoms with Gasteiger partial charge in [-0.1, -0.05) is 30.8 Å². The predicted octanol–water partition coefficient (Wildman–Crippen LogP) is 0.935. The largest absolute Gasteiger partial charge is 0.399 e. The van der Waals surface area contributed by atoms with E-state index >= 15 is 0 Å². The van der Waals surface area contributed by atoms with Gasteiger partial charge in [0.1, 0.15) is 11.9 Å². The van der Waals surface area contributed by atoms with E-state index in [4.69, 9.17) is 11.5 Å². The summed E-state index contributed by atoms with van der Waals surface area (Å²) in [4.78, 5) is 29.0. The number of nitrogens with two attached hydrogens (primary N) is 2. The fraction of sp³-hybridized carbons (Fsp3) is 0.348. The lowest BCUT2D eigenvalue weighted by Crippen LogP contribution is -2.49. The van der Waals surface area contributed by atoms with Crippen LogP contribution >= 0.6 is 0 Å². The monoisotopic (exact) mass is 422 g/mol. The van der Waals surface area contributed by atoms with Crippen LogP contribution < -0.4 is 27.4 Å². The Morgan fingerprint density at radius 3 is 2.68 bits per heavy atom. The maximum absolute atomic E-state index is 12.6. The van der Waals surface area contributed by atoms with Gasteiger partial charge in [0.25, 0.3) is 0 Å². The predicted molar refractivity (Wildman–Crippen MR) is 121 cm³/mol. The molecule has 0 aliphatic carbocycles. The maximum atomic E-state index is 12.6. The van der Waals surface area contributed by atoms with E-state index in [2.05, 4.69) is 27.5 Å². The lowest BCUT2D eigenvalue weighted by Gasteiger charge is -2.17. The second kappa shape index (κ2) is 10.1. The van der Waals surface area contributed by atoms with Crippen molar-refractivity contribution in [3.05, 3.63) is 65.9 Å². The standard InChI is InChI=1S/C23H30N6O2/c1-14(24)19-5-3-16(4-6-19)12-28-22(30)15(2)29-23(31)20-10-18(13-27-20)9-17-7-8-26-21(25)11-17/h3-8,11,15,18,20,27H,1,9-10,12-13,24H2,2H3,(H2,25,26)(H,28,30)(H,29,31)/t15-,18-,20+/m0/s1. The number of benzene rings is 1. The molecule has 0 radical (unpaired) electrons. The molecule has 31 heavy (non-hydrogen) atoms. The molecule has 1 aromatic heterocycles. The smallest absolute Gasteiger partial charge is 0.242 e. The number of aromatic nitrogens is 1. The lowest BCUT2D eigenvalue weighted by atomic mass is 9.97. The van der Waals surface area contributed by atoms with Crippen molar-refractivity contribution in [1.82, 2.24) is 20.9 Å². The van der Waals surface area contributed by atoms with Crippen molar-refractivity contribution in [1.29, 1.82) is 0 Å². The first-order valence-corrected chi connectivity index (χ1v) is 10.4. The molecule has 2 heterocycles. The van der Waals surface area contributed by atoms with Gasteiger partial charge < -0.3 is 27.4 Å². The first-order chi connectivity index (χ1) is 14.8. The highest BCUT2D eigenvalue weighted by molar-refractivity contribution is 5.89. The molecule has 0 saturated carbocycles. The molecule has 1 aliphatic heterocycles.